The van der Waals surface area contributed by atoms with E-state index in [1.54, 1.807) is 0 Å². The summed E-state index contributed by atoms with van der Waals surface area (Å²) in [5.41, 5.74) is 7.44. The molecule has 0 atom stereocenters. The molecule has 1 saturated carbocycles. The number of fused-ring (bicyclic) bond motifs is 3. The maximum absolute atomic E-state index is 4.93. The summed E-state index contributed by atoms with van der Waals surface area (Å²) in [7, 11) is 0. The van der Waals surface area contributed by atoms with Gasteiger partial charge in [-0.1, -0.05) is 36.4 Å². The molecule has 3 heteroatoms. The lowest BCUT2D eigenvalue weighted by Crippen LogP contribution is -2.34. The lowest BCUT2D eigenvalue weighted by Gasteiger charge is -2.03. The SMILES string of the molecule is Cc1nc(C2CC2)cc2c1[n+](Cc1ccccc1)c1ccccn21. The highest BCUT2D eigenvalue weighted by atomic mass is 15.1. The lowest BCUT2D eigenvalue weighted by molar-refractivity contribution is -0.636. The molecule has 118 valence electrons. The van der Waals surface area contributed by atoms with Gasteiger partial charge in [-0.2, -0.15) is 4.40 Å². The van der Waals surface area contributed by atoms with Gasteiger partial charge in [-0.15, -0.1) is 0 Å². The summed E-state index contributed by atoms with van der Waals surface area (Å²) in [5, 5.41) is 0. The first kappa shape index (κ1) is 13.7. The molecule has 0 bridgehead atoms. The van der Waals surface area contributed by atoms with Crippen molar-refractivity contribution in [3.8, 4) is 0 Å². The maximum Gasteiger partial charge on any atom is 0.287 e. The number of rotatable bonds is 3. The minimum atomic E-state index is 0.671. The first-order valence-corrected chi connectivity index (χ1v) is 8.65. The smallest absolute Gasteiger partial charge is 0.253 e. The number of aryl methyl sites for hydroxylation is 1. The lowest BCUT2D eigenvalue weighted by atomic mass is 10.2. The van der Waals surface area contributed by atoms with E-state index >= 15 is 0 Å². The molecule has 1 aromatic carbocycles. The molecule has 0 aliphatic heterocycles. The van der Waals surface area contributed by atoms with E-state index in [4.69, 9.17) is 4.98 Å². The Hall–Kier alpha value is -2.68. The third-order valence-corrected chi connectivity index (χ3v) is 4.99. The Balaban J connectivity index is 1.80. The monoisotopic (exact) mass is 314 g/mol. The molecule has 4 aromatic rings. The van der Waals surface area contributed by atoms with Crippen LogP contribution in [0.5, 0.6) is 0 Å². The third kappa shape index (κ3) is 2.12. The minimum absolute atomic E-state index is 0.671. The molecule has 3 nitrogen and oxygen atoms in total. The van der Waals surface area contributed by atoms with Gasteiger partial charge >= 0.3 is 0 Å². The van der Waals surface area contributed by atoms with Gasteiger partial charge in [0.1, 0.15) is 6.54 Å². The van der Waals surface area contributed by atoms with Crippen LogP contribution in [0, 0.1) is 6.92 Å². The van der Waals surface area contributed by atoms with Gasteiger partial charge < -0.3 is 0 Å². The van der Waals surface area contributed by atoms with Gasteiger partial charge in [-0.25, -0.2) is 4.57 Å². The van der Waals surface area contributed by atoms with Crippen LogP contribution in [-0.4, -0.2) is 9.38 Å². The standard InChI is InChI=1S/C21H20N3/c1-15-21-19(13-18(22-15)17-10-11-17)23-12-6-5-9-20(23)24(21)14-16-7-3-2-4-8-16/h2-9,12-13,17H,10-11,14H2,1H3/q+1. The fourth-order valence-electron chi connectivity index (χ4n) is 3.68. The van der Waals surface area contributed by atoms with Crippen molar-refractivity contribution in [3.05, 3.63) is 77.7 Å². The van der Waals surface area contributed by atoms with Crippen molar-refractivity contribution in [2.75, 3.05) is 0 Å². The Labute approximate surface area is 141 Å². The van der Waals surface area contributed by atoms with Gasteiger partial charge in [0.15, 0.2) is 11.0 Å². The molecule has 0 amide bonds. The summed E-state index contributed by atoms with van der Waals surface area (Å²) in [6.45, 7) is 3.01. The maximum atomic E-state index is 4.93. The van der Waals surface area contributed by atoms with Crippen LogP contribution in [-0.2, 0) is 6.54 Å². The highest BCUT2D eigenvalue weighted by molar-refractivity contribution is 5.78. The van der Waals surface area contributed by atoms with Crippen LogP contribution in [0.15, 0.2) is 60.8 Å². The van der Waals surface area contributed by atoms with Crippen molar-refractivity contribution in [1.82, 2.24) is 9.38 Å². The van der Waals surface area contributed by atoms with Crippen molar-refractivity contribution in [2.24, 2.45) is 0 Å². The number of imidazole rings is 1. The molecule has 3 heterocycles. The summed E-state index contributed by atoms with van der Waals surface area (Å²) >= 11 is 0. The van der Waals surface area contributed by atoms with Crippen molar-refractivity contribution in [3.63, 3.8) is 0 Å². The molecule has 5 rings (SSSR count). The minimum Gasteiger partial charge on any atom is -0.253 e. The molecule has 3 aromatic heterocycles. The molecule has 0 unspecified atom stereocenters. The second kappa shape index (κ2) is 5.17. The van der Waals surface area contributed by atoms with Crippen LogP contribution < -0.4 is 4.57 Å². The van der Waals surface area contributed by atoms with Crippen molar-refractivity contribution in [2.45, 2.75) is 32.2 Å². The van der Waals surface area contributed by atoms with Crippen LogP contribution in [0.3, 0.4) is 0 Å². The molecule has 24 heavy (non-hydrogen) atoms. The fraction of sp³-hybridized carbons (Fsp3) is 0.238. The van der Waals surface area contributed by atoms with Gasteiger partial charge in [0.05, 0.1) is 11.9 Å². The number of pyridine rings is 2. The Morgan fingerprint density at radius 3 is 2.67 bits per heavy atom. The number of benzene rings is 1. The average Bonchev–Trinajstić information content (AvgIpc) is 3.41. The summed E-state index contributed by atoms with van der Waals surface area (Å²) < 4.78 is 4.70. The van der Waals surface area contributed by atoms with Gasteiger partial charge in [-0.3, -0.25) is 4.98 Å². The van der Waals surface area contributed by atoms with E-state index in [0.717, 1.165) is 12.2 Å². The summed E-state index contributed by atoms with van der Waals surface area (Å²) in [6.07, 6.45) is 4.73. The van der Waals surface area contributed by atoms with Crippen LogP contribution >= 0.6 is 0 Å². The number of nitrogens with zero attached hydrogens (tertiary/aromatic N) is 3. The molecule has 0 N–H and O–H groups in total. The zero-order valence-corrected chi connectivity index (χ0v) is 13.8. The Morgan fingerprint density at radius 1 is 1.08 bits per heavy atom. The van der Waals surface area contributed by atoms with Crippen molar-refractivity contribution in [1.29, 1.82) is 0 Å². The van der Waals surface area contributed by atoms with Crippen molar-refractivity contribution >= 4 is 16.7 Å². The van der Waals surface area contributed by atoms with Crippen LogP contribution in [0.1, 0.15) is 35.7 Å². The largest absolute Gasteiger partial charge is 0.287 e. The van der Waals surface area contributed by atoms with Gasteiger partial charge in [0.25, 0.3) is 5.65 Å². The predicted octanol–water partition coefficient (Wildman–Crippen LogP) is 4.01. The van der Waals surface area contributed by atoms with E-state index in [0.29, 0.717) is 5.92 Å². The molecule has 1 fully saturated rings. The second-order valence-electron chi connectivity index (χ2n) is 6.78. The van der Waals surface area contributed by atoms with E-state index in [1.165, 1.54) is 40.8 Å². The molecule has 1 aliphatic rings. The summed E-state index contributed by atoms with van der Waals surface area (Å²) in [6, 6.07) is 19.4. The van der Waals surface area contributed by atoms with Crippen molar-refractivity contribution < 1.29 is 4.57 Å². The molecule has 0 saturated heterocycles. The summed E-state index contributed by atoms with van der Waals surface area (Å²) in [4.78, 5) is 4.93. The average molecular weight is 314 g/mol. The molecular weight excluding hydrogens is 294 g/mol. The molecule has 0 radical (unpaired) electrons. The number of aromatic nitrogens is 3. The van der Waals surface area contributed by atoms with Gasteiger partial charge in [-0.05, 0) is 31.4 Å². The number of hydrogen-bond donors (Lipinski definition) is 0. The van der Waals surface area contributed by atoms with E-state index in [2.05, 4.69) is 76.7 Å². The quantitative estimate of drug-likeness (QED) is 0.524. The Morgan fingerprint density at radius 2 is 1.88 bits per heavy atom. The predicted molar refractivity (Wildman–Crippen MR) is 95.1 cm³/mol. The van der Waals surface area contributed by atoms with Gasteiger partial charge in [0, 0.05) is 23.7 Å². The third-order valence-electron chi connectivity index (χ3n) is 4.99. The molecule has 1 aliphatic carbocycles. The number of hydrogen-bond acceptors (Lipinski definition) is 1. The van der Waals surface area contributed by atoms with Crippen LogP contribution in [0.2, 0.25) is 0 Å². The Kier molecular flexibility index (Phi) is 2.96. The van der Waals surface area contributed by atoms with E-state index in [1.807, 2.05) is 0 Å². The molecule has 0 spiro atoms. The topological polar surface area (TPSA) is 21.2 Å². The van der Waals surface area contributed by atoms with Crippen LogP contribution in [0.4, 0.5) is 0 Å². The second-order valence-corrected chi connectivity index (χ2v) is 6.78. The first-order chi connectivity index (χ1) is 11.8. The van der Waals surface area contributed by atoms with E-state index in [-0.39, 0.29) is 0 Å². The fourth-order valence-corrected chi connectivity index (χ4v) is 3.68. The first-order valence-electron chi connectivity index (χ1n) is 8.65. The normalized spacial score (nSPS) is 14.5. The van der Waals surface area contributed by atoms with Crippen LogP contribution in [0.25, 0.3) is 16.7 Å². The highest BCUT2D eigenvalue weighted by Gasteiger charge is 2.29. The van der Waals surface area contributed by atoms with E-state index < -0.39 is 0 Å². The Bertz CT molecular complexity index is 1040. The van der Waals surface area contributed by atoms with E-state index in [9.17, 15) is 0 Å². The van der Waals surface area contributed by atoms with Gasteiger partial charge in [0.2, 0.25) is 0 Å². The zero-order chi connectivity index (χ0) is 16.1. The summed E-state index contributed by atoms with van der Waals surface area (Å²) in [5.74, 6) is 0.671. The zero-order valence-electron chi connectivity index (χ0n) is 13.8. The highest BCUT2D eigenvalue weighted by Crippen LogP contribution is 2.40. The molecular formula is C21H20N3+.